The van der Waals surface area contributed by atoms with Crippen molar-refractivity contribution in [2.24, 2.45) is 0 Å². The second-order valence-corrected chi connectivity index (χ2v) is 4.25. The minimum atomic E-state index is -0.749. The van der Waals surface area contributed by atoms with Gasteiger partial charge < -0.3 is 14.2 Å². The summed E-state index contributed by atoms with van der Waals surface area (Å²) in [5, 5.41) is 8.93. The standard InChI is InChI=1S/C13H14N4O4/c1-2-19-13-15-12(16-17-13)14-11(18)10-7-20-8-5-3-4-6-9(8)21-10/h3-6,10H,2,7H2,1H3,(H2,14,15,16,17,18). The van der Waals surface area contributed by atoms with E-state index in [-0.39, 0.29) is 24.5 Å². The van der Waals surface area contributed by atoms with Crippen LogP contribution in [0.2, 0.25) is 0 Å². The maximum Gasteiger partial charge on any atom is 0.337 e. The van der Waals surface area contributed by atoms with Crippen molar-refractivity contribution in [2.75, 3.05) is 18.5 Å². The summed E-state index contributed by atoms with van der Waals surface area (Å²) < 4.78 is 16.2. The number of hydrogen-bond donors (Lipinski definition) is 2. The highest BCUT2D eigenvalue weighted by Gasteiger charge is 2.27. The van der Waals surface area contributed by atoms with Gasteiger partial charge in [-0.1, -0.05) is 12.1 Å². The van der Waals surface area contributed by atoms with Gasteiger partial charge in [-0.05, 0) is 19.1 Å². The monoisotopic (exact) mass is 290 g/mol. The molecule has 21 heavy (non-hydrogen) atoms. The molecule has 0 saturated heterocycles. The number of nitrogens with zero attached hydrogens (tertiary/aromatic N) is 2. The Morgan fingerprint density at radius 1 is 1.48 bits per heavy atom. The molecule has 0 spiro atoms. The van der Waals surface area contributed by atoms with Gasteiger partial charge in [0.25, 0.3) is 5.91 Å². The highest BCUT2D eigenvalue weighted by molar-refractivity contribution is 5.93. The van der Waals surface area contributed by atoms with Crippen LogP contribution in [0.1, 0.15) is 6.92 Å². The number of hydrogen-bond acceptors (Lipinski definition) is 6. The van der Waals surface area contributed by atoms with Crippen LogP contribution < -0.4 is 19.5 Å². The SMILES string of the molecule is CCOc1n[nH]c(NC(=O)C2COc3ccccc3O2)n1. The van der Waals surface area contributed by atoms with Gasteiger partial charge in [0.1, 0.15) is 6.61 Å². The molecule has 0 saturated carbocycles. The van der Waals surface area contributed by atoms with Crippen LogP contribution >= 0.6 is 0 Å². The van der Waals surface area contributed by atoms with Gasteiger partial charge in [-0.3, -0.25) is 10.1 Å². The fourth-order valence-electron chi connectivity index (χ4n) is 1.84. The maximum atomic E-state index is 12.1. The Morgan fingerprint density at radius 3 is 3.10 bits per heavy atom. The van der Waals surface area contributed by atoms with E-state index in [0.717, 1.165) is 0 Å². The average Bonchev–Trinajstić information content (AvgIpc) is 2.94. The van der Waals surface area contributed by atoms with Crippen molar-refractivity contribution >= 4 is 11.9 Å². The van der Waals surface area contributed by atoms with E-state index in [1.165, 1.54) is 0 Å². The van der Waals surface area contributed by atoms with Crippen LogP contribution in [-0.4, -0.2) is 40.4 Å². The van der Waals surface area contributed by atoms with Crippen molar-refractivity contribution in [3.63, 3.8) is 0 Å². The Kier molecular flexibility index (Phi) is 3.59. The van der Waals surface area contributed by atoms with Gasteiger partial charge in [-0.15, -0.1) is 5.10 Å². The third kappa shape index (κ3) is 2.88. The third-order valence-electron chi connectivity index (χ3n) is 2.78. The molecule has 0 bridgehead atoms. The molecule has 8 nitrogen and oxygen atoms in total. The molecule has 1 aromatic carbocycles. The zero-order valence-electron chi connectivity index (χ0n) is 11.3. The minimum Gasteiger partial charge on any atom is -0.485 e. The lowest BCUT2D eigenvalue weighted by Gasteiger charge is -2.25. The maximum absolute atomic E-state index is 12.1. The molecule has 2 aromatic rings. The predicted molar refractivity (Wildman–Crippen MR) is 72.5 cm³/mol. The lowest BCUT2D eigenvalue weighted by atomic mass is 10.2. The number of ether oxygens (including phenoxy) is 3. The molecule has 0 aliphatic carbocycles. The lowest BCUT2D eigenvalue weighted by molar-refractivity contribution is -0.125. The Morgan fingerprint density at radius 2 is 2.29 bits per heavy atom. The highest BCUT2D eigenvalue weighted by Crippen LogP contribution is 2.31. The van der Waals surface area contributed by atoms with E-state index in [9.17, 15) is 4.79 Å². The molecular formula is C13H14N4O4. The van der Waals surface area contributed by atoms with Gasteiger partial charge >= 0.3 is 6.01 Å². The smallest absolute Gasteiger partial charge is 0.337 e. The number of nitrogens with one attached hydrogen (secondary N) is 2. The summed E-state index contributed by atoms with van der Waals surface area (Å²) in [6.07, 6.45) is -0.749. The van der Waals surface area contributed by atoms with E-state index < -0.39 is 6.10 Å². The van der Waals surface area contributed by atoms with Crippen LogP contribution in [0.4, 0.5) is 5.95 Å². The number of anilines is 1. The van der Waals surface area contributed by atoms with Crippen molar-refractivity contribution in [1.29, 1.82) is 0 Å². The number of fused-ring (bicyclic) bond motifs is 1. The van der Waals surface area contributed by atoms with Crippen molar-refractivity contribution < 1.29 is 19.0 Å². The van der Waals surface area contributed by atoms with E-state index in [2.05, 4.69) is 20.5 Å². The molecule has 0 fully saturated rings. The van der Waals surface area contributed by atoms with Gasteiger partial charge in [-0.2, -0.15) is 4.98 Å². The topological polar surface area (TPSA) is 98.4 Å². The second-order valence-electron chi connectivity index (χ2n) is 4.25. The Hall–Kier alpha value is -2.77. The predicted octanol–water partition coefficient (Wildman–Crippen LogP) is 0.982. The molecule has 8 heteroatoms. The van der Waals surface area contributed by atoms with E-state index in [1.807, 2.05) is 19.1 Å². The van der Waals surface area contributed by atoms with Gasteiger partial charge in [0.15, 0.2) is 11.5 Å². The summed E-state index contributed by atoms with van der Waals surface area (Å²) in [5.74, 6) is 0.992. The average molecular weight is 290 g/mol. The molecule has 1 unspecified atom stereocenters. The number of carbonyl (C=O) groups is 1. The quantitative estimate of drug-likeness (QED) is 0.871. The fraction of sp³-hybridized carbons (Fsp3) is 0.308. The van der Waals surface area contributed by atoms with E-state index in [4.69, 9.17) is 14.2 Å². The summed E-state index contributed by atoms with van der Waals surface area (Å²) in [6.45, 7) is 2.40. The number of para-hydroxylation sites is 2. The number of amides is 1. The van der Waals surface area contributed by atoms with E-state index in [1.54, 1.807) is 12.1 Å². The number of carbonyl (C=O) groups excluding carboxylic acids is 1. The Labute approximate surface area is 120 Å². The fourth-order valence-corrected chi connectivity index (χ4v) is 1.84. The molecule has 1 atom stereocenters. The van der Waals surface area contributed by atoms with Gasteiger partial charge in [0, 0.05) is 0 Å². The number of H-pyrrole nitrogens is 1. The summed E-state index contributed by atoms with van der Waals surface area (Å²) >= 11 is 0. The summed E-state index contributed by atoms with van der Waals surface area (Å²) in [6, 6.07) is 7.36. The largest absolute Gasteiger partial charge is 0.485 e. The van der Waals surface area contributed by atoms with Gasteiger partial charge in [-0.25, -0.2) is 5.10 Å². The first kappa shape index (κ1) is 13.2. The molecule has 1 aliphatic heterocycles. The van der Waals surface area contributed by atoms with Crippen molar-refractivity contribution in [1.82, 2.24) is 15.2 Å². The van der Waals surface area contributed by atoms with Crippen LogP contribution in [0.15, 0.2) is 24.3 Å². The molecule has 110 valence electrons. The Balaban J connectivity index is 1.63. The molecule has 2 N–H and O–H groups in total. The van der Waals surface area contributed by atoms with Crippen LogP contribution in [-0.2, 0) is 4.79 Å². The first-order valence-electron chi connectivity index (χ1n) is 6.51. The first-order chi connectivity index (χ1) is 10.3. The molecule has 1 aromatic heterocycles. The molecule has 1 aliphatic rings. The summed E-state index contributed by atoms with van der Waals surface area (Å²) in [5.41, 5.74) is 0. The highest BCUT2D eigenvalue weighted by atomic mass is 16.6. The van der Waals surface area contributed by atoms with Crippen LogP contribution in [0.25, 0.3) is 0 Å². The van der Waals surface area contributed by atoms with E-state index in [0.29, 0.717) is 18.1 Å². The first-order valence-corrected chi connectivity index (χ1v) is 6.51. The third-order valence-corrected chi connectivity index (χ3v) is 2.78. The summed E-state index contributed by atoms with van der Waals surface area (Å²) in [7, 11) is 0. The Bertz CT molecular complexity index is 643. The van der Waals surface area contributed by atoms with Crippen molar-refractivity contribution in [3.05, 3.63) is 24.3 Å². The minimum absolute atomic E-state index is 0.134. The van der Waals surface area contributed by atoms with Crippen LogP contribution in [0, 0.1) is 0 Å². The zero-order chi connectivity index (χ0) is 14.7. The normalized spacial score (nSPS) is 16.3. The van der Waals surface area contributed by atoms with Crippen LogP contribution in [0.5, 0.6) is 17.5 Å². The molecule has 3 rings (SSSR count). The van der Waals surface area contributed by atoms with Crippen molar-refractivity contribution in [2.45, 2.75) is 13.0 Å². The lowest BCUT2D eigenvalue weighted by Crippen LogP contribution is -2.40. The van der Waals surface area contributed by atoms with E-state index >= 15 is 0 Å². The molecule has 1 amide bonds. The van der Waals surface area contributed by atoms with Crippen molar-refractivity contribution in [3.8, 4) is 17.5 Å². The number of benzene rings is 1. The number of rotatable bonds is 4. The van der Waals surface area contributed by atoms with Crippen LogP contribution in [0.3, 0.4) is 0 Å². The summed E-state index contributed by atoms with van der Waals surface area (Å²) in [4.78, 5) is 16.1. The zero-order valence-corrected chi connectivity index (χ0v) is 11.3. The van der Waals surface area contributed by atoms with Gasteiger partial charge in [0.2, 0.25) is 12.1 Å². The van der Waals surface area contributed by atoms with Gasteiger partial charge in [0.05, 0.1) is 6.61 Å². The number of aromatic amines is 1. The number of aromatic nitrogens is 3. The molecule has 2 heterocycles. The second kappa shape index (κ2) is 5.70. The molecular weight excluding hydrogens is 276 g/mol. The molecule has 0 radical (unpaired) electrons.